The van der Waals surface area contributed by atoms with Crippen LogP contribution >= 0.6 is 0 Å². The first-order chi connectivity index (χ1) is 17.6. The number of benzene rings is 1. The SMILES string of the molecule is CC[C@H](C(=O)NCC(=O)N(C)[C@H](CN1CCC[C@H]1C(=O)N1CCCC1)C(C)C)C(C)(C)c1ccccc1. The monoisotopic (exact) mass is 512 g/mol. The Hall–Kier alpha value is -2.41. The van der Waals surface area contributed by atoms with E-state index in [2.05, 4.69) is 50.0 Å². The van der Waals surface area contributed by atoms with Crippen LogP contribution in [0.3, 0.4) is 0 Å². The highest BCUT2D eigenvalue weighted by molar-refractivity contribution is 5.86. The minimum Gasteiger partial charge on any atom is -0.347 e. The summed E-state index contributed by atoms with van der Waals surface area (Å²) in [4.78, 5) is 45.7. The second kappa shape index (κ2) is 12.9. The molecule has 0 spiro atoms. The quantitative estimate of drug-likeness (QED) is 0.491. The standard InChI is InChI=1S/C30H48N4O3/c1-7-24(30(4,5)23-14-9-8-10-15-23)28(36)31-20-27(35)32(6)26(22(2)3)21-34-19-13-16-25(34)29(37)33-17-11-12-18-33/h8-10,14-15,22,24-26H,7,11-13,16-21H2,1-6H3,(H,31,36)/t24-,25+,26-/m1/s1. The first kappa shape index (κ1) is 29.2. The molecule has 0 bridgehead atoms. The Labute approximate surface area is 223 Å². The molecule has 0 aromatic heterocycles. The number of hydrogen-bond donors (Lipinski definition) is 1. The van der Waals surface area contributed by atoms with Gasteiger partial charge in [0, 0.05) is 44.1 Å². The van der Waals surface area contributed by atoms with Crippen molar-refractivity contribution in [3.8, 4) is 0 Å². The van der Waals surface area contributed by atoms with Crippen molar-refractivity contribution >= 4 is 17.7 Å². The van der Waals surface area contributed by atoms with Crippen molar-refractivity contribution < 1.29 is 14.4 Å². The zero-order valence-corrected chi connectivity index (χ0v) is 23.8. The van der Waals surface area contributed by atoms with Crippen LogP contribution < -0.4 is 5.32 Å². The summed E-state index contributed by atoms with van der Waals surface area (Å²) >= 11 is 0. The average Bonchev–Trinajstić information content (AvgIpc) is 3.58. The van der Waals surface area contributed by atoms with Gasteiger partial charge >= 0.3 is 0 Å². The van der Waals surface area contributed by atoms with Crippen LogP contribution in [-0.4, -0.2) is 84.3 Å². The summed E-state index contributed by atoms with van der Waals surface area (Å²) in [7, 11) is 1.83. The lowest BCUT2D eigenvalue weighted by molar-refractivity contribution is -0.137. The number of likely N-dealkylation sites (tertiary alicyclic amines) is 2. The molecule has 7 heteroatoms. The lowest BCUT2D eigenvalue weighted by Gasteiger charge is -2.37. The summed E-state index contributed by atoms with van der Waals surface area (Å²) in [6, 6.07) is 9.98. The minimum atomic E-state index is -0.345. The normalized spacial score (nSPS) is 20.2. The summed E-state index contributed by atoms with van der Waals surface area (Å²) < 4.78 is 0. The molecule has 0 saturated carbocycles. The Morgan fingerprint density at radius 2 is 1.70 bits per heavy atom. The Balaban J connectivity index is 1.60. The van der Waals surface area contributed by atoms with E-state index in [-0.39, 0.29) is 53.6 Å². The fraction of sp³-hybridized carbons (Fsp3) is 0.700. The van der Waals surface area contributed by atoms with Gasteiger partial charge in [-0.05, 0) is 50.1 Å². The third kappa shape index (κ3) is 6.92. The Morgan fingerprint density at radius 3 is 2.30 bits per heavy atom. The molecule has 0 aliphatic carbocycles. The topological polar surface area (TPSA) is 73.0 Å². The predicted octanol–water partition coefficient (Wildman–Crippen LogP) is 3.68. The number of nitrogens with one attached hydrogen (secondary N) is 1. The number of carbonyl (C=O) groups excluding carboxylic acids is 3. The van der Waals surface area contributed by atoms with E-state index in [1.807, 2.05) is 37.1 Å². The third-order valence-electron chi connectivity index (χ3n) is 8.68. The summed E-state index contributed by atoms with van der Waals surface area (Å²) in [6.07, 6.45) is 4.78. The highest BCUT2D eigenvalue weighted by atomic mass is 16.2. The van der Waals surface area contributed by atoms with Gasteiger partial charge in [-0.3, -0.25) is 19.3 Å². The van der Waals surface area contributed by atoms with Gasteiger partial charge in [0.25, 0.3) is 0 Å². The maximum absolute atomic E-state index is 13.2. The Bertz CT molecular complexity index is 911. The molecule has 2 aliphatic heterocycles. The molecule has 2 fully saturated rings. The van der Waals surface area contributed by atoms with Crippen LogP contribution in [0.2, 0.25) is 0 Å². The molecular weight excluding hydrogens is 464 g/mol. The molecule has 3 atom stereocenters. The van der Waals surface area contributed by atoms with Crippen molar-refractivity contribution in [2.45, 2.75) is 84.2 Å². The van der Waals surface area contributed by atoms with Gasteiger partial charge in [0.1, 0.15) is 0 Å². The molecule has 1 aromatic rings. The first-order valence-electron chi connectivity index (χ1n) is 14.2. The first-order valence-corrected chi connectivity index (χ1v) is 14.2. The molecule has 1 aromatic carbocycles. The molecule has 2 saturated heterocycles. The summed E-state index contributed by atoms with van der Waals surface area (Å²) in [6.45, 7) is 13.7. The fourth-order valence-corrected chi connectivity index (χ4v) is 6.18. The molecule has 1 N–H and O–H groups in total. The largest absolute Gasteiger partial charge is 0.347 e. The van der Waals surface area contributed by atoms with Crippen molar-refractivity contribution in [2.75, 3.05) is 39.8 Å². The van der Waals surface area contributed by atoms with Gasteiger partial charge in [0.2, 0.25) is 17.7 Å². The van der Waals surface area contributed by atoms with Crippen molar-refractivity contribution in [3.63, 3.8) is 0 Å². The number of likely N-dealkylation sites (N-methyl/N-ethyl adjacent to an activating group) is 1. The number of hydrogen-bond acceptors (Lipinski definition) is 4. The molecule has 3 rings (SSSR count). The lowest BCUT2D eigenvalue weighted by Crippen LogP contribution is -2.54. The molecule has 37 heavy (non-hydrogen) atoms. The van der Waals surface area contributed by atoms with Crippen LogP contribution in [0.4, 0.5) is 0 Å². The van der Waals surface area contributed by atoms with Crippen LogP contribution in [0.25, 0.3) is 0 Å². The second-order valence-corrected chi connectivity index (χ2v) is 11.8. The van der Waals surface area contributed by atoms with E-state index in [4.69, 9.17) is 0 Å². The van der Waals surface area contributed by atoms with Crippen LogP contribution in [0.5, 0.6) is 0 Å². The number of rotatable bonds is 11. The van der Waals surface area contributed by atoms with Gasteiger partial charge in [-0.1, -0.05) is 65.0 Å². The van der Waals surface area contributed by atoms with E-state index in [0.29, 0.717) is 13.0 Å². The minimum absolute atomic E-state index is 0.0178. The van der Waals surface area contributed by atoms with E-state index in [9.17, 15) is 14.4 Å². The van der Waals surface area contributed by atoms with Crippen LogP contribution in [0.1, 0.15) is 72.3 Å². The van der Waals surface area contributed by atoms with Gasteiger partial charge in [0.15, 0.2) is 0 Å². The molecular formula is C30H48N4O3. The highest BCUT2D eigenvalue weighted by Gasteiger charge is 2.38. The van der Waals surface area contributed by atoms with Gasteiger partial charge in [-0.15, -0.1) is 0 Å². The van der Waals surface area contributed by atoms with Crippen molar-refractivity contribution in [1.82, 2.24) is 20.0 Å². The van der Waals surface area contributed by atoms with E-state index in [1.165, 1.54) is 0 Å². The van der Waals surface area contributed by atoms with Gasteiger partial charge in [0.05, 0.1) is 12.6 Å². The van der Waals surface area contributed by atoms with E-state index >= 15 is 0 Å². The van der Waals surface area contributed by atoms with Crippen LogP contribution in [0.15, 0.2) is 30.3 Å². The summed E-state index contributed by atoms with van der Waals surface area (Å²) in [5, 5.41) is 2.94. The van der Waals surface area contributed by atoms with E-state index < -0.39 is 0 Å². The number of nitrogens with zero attached hydrogens (tertiary/aromatic N) is 3. The molecule has 7 nitrogen and oxygen atoms in total. The van der Waals surface area contributed by atoms with Crippen LogP contribution in [0, 0.1) is 11.8 Å². The second-order valence-electron chi connectivity index (χ2n) is 11.8. The Morgan fingerprint density at radius 1 is 1.05 bits per heavy atom. The summed E-state index contributed by atoms with van der Waals surface area (Å²) in [5.41, 5.74) is 0.770. The molecule has 3 amide bonds. The smallest absolute Gasteiger partial charge is 0.242 e. The van der Waals surface area contributed by atoms with Crippen molar-refractivity contribution in [3.05, 3.63) is 35.9 Å². The maximum Gasteiger partial charge on any atom is 0.242 e. The van der Waals surface area contributed by atoms with Gasteiger partial charge in [-0.25, -0.2) is 0 Å². The van der Waals surface area contributed by atoms with E-state index in [1.54, 1.807) is 4.90 Å². The van der Waals surface area contributed by atoms with Crippen LogP contribution in [-0.2, 0) is 19.8 Å². The zero-order valence-electron chi connectivity index (χ0n) is 23.8. The number of carbonyl (C=O) groups is 3. The molecule has 0 radical (unpaired) electrons. The zero-order chi connectivity index (χ0) is 27.2. The predicted molar refractivity (Wildman–Crippen MR) is 148 cm³/mol. The van der Waals surface area contributed by atoms with Gasteiger partial charge in [-0.2, -0.15) is 0 Å². The van der Waals surface area contributed by atoms with Crippen molar-refractivity contribution in [2.24, 2.45) is 11.8 Å². The van der Waals surface area contributed by atoms with E-state index in [0.717, 1.165) is 50.9 Å². The Kier molecular flexibility index (Phi) is 10.2. The lowest BCUT2D eigenvalue weighted by atomic mass is 9.71. The molecule has 0 unspecified atom stereocenters. The summed E-state index contributed by atoms with van der Waals surface area (Å²) in [5.74, 6) is 0.0606. The molecule has 2 heterocycles. The average molecular weight is 513 g/mol. The highest BCUT2D eigenvalue weighted by Crippen LogP contribution is 2.34. The third-order valence-corrected chi connectivity index (χ3v) is 8.68. The maximum atomic E-state index is 13.2. The van der Waals surface area contributed by atoms with Gasteiger partial charge < -0.3 is 15.1 Å². The number of amides is 3. The fourth-order valence-electron chi connectivity index (χ4n) is 6.18. The molecule has 206 valence electrons. The van der Waals surface area contributed by atoms with Crippen molar-refractivity contribution in [1.29, 1.82) is 0 Å². The molecule has 2 aliphatic rings.